The third-order valence-corrected chi connectivity index (χ3v) is 4.15. The van der Waals surface area contributed by atoms with Crippen LogP contribution in [0.1, 0.15) is 20.7 Å². The van der Waals surface area contributed by atoms with Crippen molar-refractivity contribution in [2.45, 2.75) is 0 Å². The van der Waals surface area contributed by atoms with Crippen molar-refractivity contribution < 1.29 is 19.1 Å². The zero-order chi connectivity index (χ0) is 18.6. The van der Waals surface area contributed by atoms with E-state index < -0.39 is 24.4 Å². The summed E-state index contributed by atoms with van der Waals surface area (Å²) in [5.41, 5.74) is 5.71. The van der Waals surface area contributed by atoms with Crippen LogP contribution in [0.5, 0.6) is 0 Å². The first kappa shape index (κ1) is 19.1. The van der Waals surface area contributed by atoms with Gasteiger partial charge in [0.15, 0.2) is 6.61 Å². The average Bonchev–Trinajstić information content (AvgIpc) is 2.57. The maximum Gasteiger partial charge on any atom is 0.341 e. The SMILES string of the molecule is NC(=O)c1ccc(NC(=O)COC(=O)c2c(Cl)ccc(Cl)c2Cl)cc1. The fourth-order valence-electron chi connectivity index (χ4n) is 1.83. The molecular formula is C16H11Cl3N2O4. The molecule has 0 bridgehead atoms. The van der Waals surface area contributed by atoms with Gasteiger partial charge in [0.05, 0.1) is 20.6 Å². The van der Waals surface area contributed by atoms with E-state index in [1.54, 1.807) is 0 Å². The number of amides is 2. The Bertz CT molecular complexity index is 838. The van der Waals surface area contributed by atoms with Gasteiger partial charge in [-0.25, -0.2) is 4.79 Å². The number of carbonyl (C=O) groups is 3. The Hall–Kier alpha value is -2.28. The number of anilines is 1. The third-order valence-electron chi connectivity index (χ3n) is 3.04. The maximum absolute atomic E-state index is 12.0. The van der Waals surface area contributed by atoms with E-state index in [2.05, 4.69) is 5.32 Å². The van der Waals surface area contributed by atoms with Gasteiger partial charge in [0.25, 0.3) is 5.91 Å². The molecule has 0 radical (unpaired) electrons. The summed E-state index contributed by atoms with van der Waals surface area (Å²) in [7, 11) is 0. The van der Waals surface area contributed by atoms with Crippen molar-refractivity contribution in [1.29, 1.82) is 0 Å². The number of benzene rings is 2. The first-order valence-electron chi connectivity index (χ1n) is 6.80. The fourth-order valence-corrected chi connectivity index (χ4v) is 2.51. The average molecular weight is 402 g/mol. The fraction of sp³-hybridized carbons (Fsp3) is 0.0625. The summed E-state index contributed by atoms with van der Waals surface area (Å²) in [5.74, 6) is -2.05. The highest BCUT2D eigenvalue weighted by molar-refractivity contribution is 6.46. The lowest BCUT2D eigenvalue weighted by Gasteiger charge is -2.09. The highest BCUT2D eigenvalue weighted by Crippen LogP contribution is 2.31. The van der Waals surface area contributed by atoms with Gasteiger partial charge in [-0.2, -0.15) is 0 Å². The van der Waals surface area contributed by atoms with Gasteiger partial charge >= 0.3 is 5.97 Å². The number of ether oxygens (including phenoxy) is 1. The molecule has 0 atom stereocenters. The molecule has 0 unspecified atom stereocenters. The van der Waals surface area contributed by atoms with E-state index in [0.717, 1.165) is 0 Å². The molecule has 3 N–H and O–H groups in total. The van der Waals surface area contributed by atoms with Gasteiger partial charge in [-0.15, -0.1) is 0 Å². The zero-order valence-electron chi connectivity index (χ0n) is 12.5. The van der Waals surface area contributed by atoms with Crippen LogP contribution in [0.25, 0.3) is 0 Å². The quantitative estimate of drug-likeness (QED) is 0.591. The first-order chi connectivity index (χ1) is 11.8. The molecule has 0 saturated heterocycles. The Morgan fingerprint density at radius 3 is 2.16 bits per heavy atom. The normalized spacial score (nSPS) is 10.2. The summed E-state index contributed by atoms with van der Waals surface area (Å²) >= 11 is 17.6. The summed E-state index contributed by atoms with van der Waals surface area (Å²) in [6, 6.07) is 8.72. The molecule has 2 aromatic carbocycles. The summed E-state index contributed by atoms with van der Waals surface area (Å²) in [6.45, 7) is -0.560. The van der Waals surface area contributed by atoms with E-state index >= 15 is 0 Å². The molecule has 6 nitrogen and oxygen atoms in total. The standard InChI is InChI=1S/C16H11Cl3N2O4/c17-10-5-6-11(18)14(19)13(10)16(24)25-7-12(22)21-9-3-1-8(2-4-9)15(20)23/h1-6H,7H2,(H2,20,23)(H,21,22). The molecule has 0 aromatic heterocycles. The summed E-state index contributed by atoms with van der Waals surface area (Å²) in [6.07, 6.45) is 0. The molecule has 2 rings (SSSR count). The van der Waals surface area contributed by atoms with Crippen molar-refractivity contribution >= 4 is 58.3 Å². The second-order valence-electron chi connectivity index (χ2n) is 4.78. The smallest absolute Gasteiger partial charge is 0.341 e. The van der Waals surface area contributed by atoms with Crippen molar-refractivity contribution in [2.75, 3.05) is 11.9 Å². The molecule has 2 aromatic rings. The van der Waals surface area contributed by atoms with Crippen LogP contribution in [0.3, 0.4) is 0 Å². The van der Waals surface area contributed by atoms with Crippen molar-refractivity contribution in [3.8, 4) is 0 Å². The number of rotatable bonds is 5. The number of nitrogens with one attached hydrogen (secondary N) is 1. The number of carbonyl (C=O) groups excluding carboxylic acids is 3. The molecule has 0 saturated carbocycles. The van der Waals surface area contributed by atoms with Crippen LogP contribution in [0.15, 0.2) is 36.4 Å². The van der Waals surface area contributed by atoms with Gasteiger partial charge in [-0.3, -0.25) is 9.59 Å². The third kappa shape index (κ3) is 4.85. The Balaban J connectivity index is 1.97. The Labute approximate surface area is 157 Å². The van der Waals surface area contributed by atoms with E-state index in [-0.39, 0.29) is 20.6 Å². The van der Waals surface area contributed by atoms with E-state index in [1.165, 1.54) is 36.4 Å². The predicted molar refractivity (Wildman–Crippen MR) is 95.3 cm³/mol. The van der Waals surface area contributed by atoms with Crippen LogP contribution in [-0.4, -0.2) is 24.4 Å². The van der Waals surface area contributed by atoms with E-state index in [4.69, 9.17) is 45.3 Å². The number of primary amides is 1. The van der Waals surface area contributed by atoms with Gasteiger partial charge in [-0.05, 0) is 36.4 Å². The minimum atomic E-state index is -0.878. The summed E-state index contributed by atoms with van der Waals surface area (Å²) < 4.78 is 4.89. The number of nitrogens with two attached hydrogens (primary N) is 1. The molecule has 0 fully saturated rings. The zero-order valence-corrected chi connectivity index (χ0v) is 14.8. The minimum Gasteiger partial charge on any atom is -0.452 e. The van der Waals surface area contributed by atoms with E-state index in [1.807, 2.05) is 0 Å². The lowest BCUT2D eigenvalue weighted by molar-refractivity contribution is -0.119. The molecule has 25 heavy (non-hydrogen) atoms. The number of halogens is 3. The molecule has 0 heterocycles. The molecule has 0 spiro atoms. The maximum atomic E-state index is 12.0. The second kappa shape index (κ2) is 8.20. The lowest BCUT2D eigenvalue weighted by atomic mass is 10.2. The molecule has 2 amide bonds. The van der Waals surface area contributed by atoms with Gasteiger partial charge in [0.1, 0.15) is 0 Å². The van der Waals surface area contributed by atoms with Gasteiger partial charge < -0.3 is 15.8 Å². The second-order valence-corrected chi connectivity index (χ2v) is 5.98. The van der Waals surface area contributed by atoms with Crippen LogP contribution in [0, 0.1) is 0 Å². The van der Waals surface area contributed by atoms with Gasteiger partial charge in [-0.1, -0.05) is 34.8 Å². The topological polar surface area (TPSA) is 98.5 Å². The monoisotopic (exact) mass is 400 g/mol. The summed E-state index contributed by atoms with van der Waals surface area (Å²) in [4.78, 5) is 34.8. The Kier molecular flexibility index (Phi) is 6.25. The highest BCUT2D eigenvalue weighted by atomic mass is 35.5. The highest BCUT2D eigenvalue weighted by Gasteiger charge is 2.19. The van der Waals surface area contributed by atoms with Crippen LogP contribution >= 0.6 is 34.8 Å². The predicted octanol–water partition coefficient (Wildman–Crippen LogP) is 3.54. The molecule has 0 aliphatic carbocycles. The largest absolute Gasteiger partial charge is 0.452 e. The van der Waals surface area contributed by atoms with Gasteiger partial charge in [0, 0.05) is 11.3 Å². The number of hydrogen-bond acceptors (Lipinski definition) is 4. The first-order valence-corrected chi connectivity index (χ1v) is 7.93. The van der Waals surface area contributed by atoms with Crippen molar-refractivity contribution in [3.63, 3.8) is 0 Å². The van der Waals surface area contributed by atoms with E-state index in [0.29, 0.717) is 11.3 Å². The Morgan fingerprint density at radius 1 is 0.960 bits per heavy atom. The van der Waals surface area contributed by atoms with Crippen molar-refractivity contribution in [2.24, 2.45) is 5.73 Å². The molecule has 0 aliphatic heterocycles. The van der Waals surface area contributed by atoms with Crippen molar-refractivity contribution in [1.82, 2.24) is 0 Å². The van der Waals surface area contributed by atoms with Crippen LogP contribution in [-0.2, 0) is 9.53 Å². The number of esters is 1. The molecule has 0 aliphatic rings. The van der Waals surface area contributed by atoms with Crippen molar-refractivity contribution in [3.05, 3.63) is 62.6 Å². The van der Waals surface area contributed by atoms with Gasteiger partial charge in [0.2, 0.25) is 5.91 Å². The molecular weight excluding hydrogens is 391 g/mol. The van der Waals surface area contributed by atoms with Crippen LogP contribution in [0.2, 0.25) is 15.1 Å². The molecule has 9 heteroatoms. The van der Waals surface area contributed by atoms with Crippen LogP contribution < -0.4 is 11.1 Å². The van der Waals surface area contributed by atoms with Crippen LogP contribution in [0.4, 0.5) is 5.69 Å². The minimum absolute atomic E-state index is 0.0541. The lowest BCUT2D eigenvalue weighted by Crippen LogP contribution is -2.21. The van der Waals surface area contributed by atoms with E-state index in [9.17, 15) is 14.4 Å². The number of hydrogen-bond donors (Lipinski definition) is 2. The Morgan fingerprint density at radius 2 is 1.56 bits per heavy atom. The molecule has 130 valence electrons. The summed E-state index contributed by atoms with van der Waals surface area (Å²) in [5, 5.41) is 2.63.